The van der Waals surface area contributed by atoms with E-state index in [0.717, 1.165) is 0 Å². The van der Waals surface area contributed by atoms with Crippen LogP contribution in [0.15, 0.2) is 29.4 Å². The average molecular weight is 207 g/mol. The molecule has 0 aliphatic heterocycles. The molecule has 15 heavy (non-hydrogen) atoms. The number of carbonyl (C=O) groups is 2. The van der Waals surface area contributed by atoms with Crippen molar-refractivity contribution in [1.82, 2.24) is 5.43 Å². The van der Waals surface area contributed by atoms with Gasteiger partial charge in [0, 0.05) is 5.56 Å². The van der Waals surface area contributed by atoms with Crippen molar-refractivity contribution in [2.75, 3.05) is 0 Å². The molecule has 4 N–H and O–H groups in total. The Hall–Kier alpha value is -2.37. The maximum atomic E-state index is 10.7. The molecule has 0 aromatic heterocycles. The summed E-state index contributed by atoms with van der Waals surface area (Å²) in [6.07, 6.45) is 1.20. The summed E-state index contributed by atoms with van der Waals surface area (Å²) in [5.74, 6) is -2.11. The number of nitrogens with one attached hydrogen (secondary N) is 1. The van der Waals surface area contributed by atoms with E-state index in [1.165, 1.54) is 12.3 Å². The number of hydrazone groups is 1. The van der Waals surface area contributed by atoms with Crippen molar-refractivity contribution in [3.63, 3.8) is 0 Å². The number of amides is 2. The van der Waals surface area contributed by atoms with Gasteiger partial charge in [0.25, 0.3) is 0 Å². The molecular weight excluding hydrogens is 198 g/mol. The van der Waals surface area contributed by atoms with Gasteiger partial charge in [-0.25, -0.2) is 5.43 Å². The molecule has 6 heteroatoms. The highest BCUT2D eigenvalue weighted by atomic mass is 16.3. The van der Waals surface area contributed by atoms with Crippen molar-refractivity contribution in [2.24, 2.45) is 10.8 Å². The van der Waals surface area contributed by atoms with Gasteiger partial charge >= 0.3 is 11.8 Å². The quantitative estimate of drug-likeness (QED) is 0.340. The monoisotopic (exact) mass is 207 g/mol. The Morgan fingerprint density at radius 1 is 1.40 bits per heavy atom. The third-order valence-electron chi connectivity index (χ3n) is 1.53. The fourth-order valence-corrected chi connectivity index (χ4v) is 0.812. The minimum atomic E-state index is -1.12. The molecule has 0 fully saturated rings. The molecule has 2 amide bonds. The number of nitrogens with zero attached hydrogens (tertiary/aromatic N) is 1. The molecule has 78 valence electrons. The summed E-state index contributed by atoms with van der Waals surface area (Å²) in [6.45, 7) is 0. The lowest BCUT2D eigenvalue weighted by molar-refractivity contribution is -0.137. The topological polar surface area (TPSA) is 105 Å². The Kier molecular flexibility index (Phi) is 3.39. The van der Waals surface area contributed by atoms with E-state index in [0.29, 0.717) is 5.56 Å². The van der Waals surface area contributed by atoms with E-state index < -0.39 is 11.8 Å². The molecule has 0 bridgehead atoms. The maximum absolute atomic E-state index is 10.7. The molecule has 0 heterocycles. The molecule has 0 unspecified atom stereocenters. The van der Waals surface area contributed by atoms with Gasteiger partial charge in [-0.3, -0.25) is 9.59 Å². The van der Waals surface area contributed by atoms with Crippen LogP contribution in [0.3, 0.4) is 0 Å². The van der Waals surface area contributed by atoms with Gasteiger partial charge in [-0.05, 0) is 12.1 Å². The molecule has 0 aliphatic rings. The number of phenols is 1. The zero-order valence-electron chi connectivity index (χ0n) is 7.68. The van der Waals surface area contributed by atoms with E-state index in [9.17, 15) is 14.7 Å². The van der Waals surface area contributed by atoms with Gasteiger partial charge in [0.15, 0.2) is 0 Å². The fourth-order valence-electron chi connectivity index (χ4n) is 0.812. The lowest BCUT2D eigenvalue weighted by atomic mass is 10.2. The summed E-state index contributed by atoms with van der Waals surface area (Å²) >= 11 is 0. The standard InChI is InChI=1S/C9H9N3O3/c10-8(14)9(15)12-11-5-6-3-1-2-4-7(6)13/h1-5,13H,(H2,10,14)(H,12,15). The number of hydrogen-bond acceptors (Lipinski definition) is 4. The van der Waals surface area contributed by atoms with Crippen molar-refractivity contribution < 1.29 is 14.7 Å². The molecule has 6 nitrogen and oxygen atoms in total. The van der Waals surface area contributed by atoms with E-state index in [1.807, 2.05) is 5.43 Å². The second-order valence-corrected chi connectivity index (χ2v) is 2.62. The summed E-state index contributed by atoms with van der Waals surface area (Å²) in [5.41, 5.74) is 6.99. The summed E-state index contributed by atoms with van der Waals surface area (Å²) in [5, 5.41) is 12.7. The predicted octanol–water partition coefficient (Wildman–Crippen LogP) is -0.672. The van der Waals surface area contributed by atoms with Crippen LogP contribution in [0.5, 0.6) is 5.75 Å². The van der Waals surface area contributed by atoms with Gasteiger partial charge in [-0.1, -0.05) is 12.1 Å². The molecule has 0 saturated heterocycles. The van der Waals surface area contributed by atoms with Gasteiger partial charge in [0.1, 0.15) is 5.75 Å². The zero-order valence-corrected chi connectivity index (χ0v) is 7.68. The van der Waals surface area contributed by atoms with Gasteiger partial charge in [0.05, 0.1) is 6.21 Å². The number of rotatable bonds is 2. The van der Waals surface area contributed by atoms with Crippen molar-refractivity contribution >= 4 is 18.0 Å². The molecule has 1 aromatic carbocycles. The van der Waals surface area contributed by atoms with Gasteiger partial charge in [-0.15, -0.1) is 0 Å². The molecule has 0 spiro atoms. The first-order valence-corrected chi connectivity index (χ1v) is 4.02. The third kappa shape index (κ3) is 3.11. The fraction of sp³-hybridized carbons (Fsp3) is 0. The molecule has 1 aromatic rings. The van der Waals surface area contributed by atoms with Gasteiger partial charge in [-0.2, -0.15) is 5.10 Å². The number of phenolic OH excluding ortho intramolecular Hbond substituents is 1. The lowest BCUT2D eigenvalue weighted by Gasteiger charge is -1.96. The van der Waals surface area contributed by atoms with Crippen LogP contribution in [-0.2, 0) is 9.59 Å². The number of aromatic hydroxyl groups is 1. The van der Waals surface area contributed by atoms with Crippen LogP contribution in [0.25, 0.3) is 0 Å². The molecule has 0 atom stereocenters. The second-order valence-electron chi connectivity index (χ2n) is 2.62. The summed E-state index contributed by atoms with van der Waals surface area (Å²) in [6, 6.07) is 6.40. The highest BCUT2D eigenvalue weighted by Crippen LogP contribution is 2.12. The highest BCUT2D eigenvalue weighted by molar-refractivity contribution is 6.34. The Morgan fingerprint density at radius 2 is 2.07 bits per heavy atom. The minimum absolute atomic E-state index is 0.0228. The number of para-hydroxylation sites is 1. The Bertz CT molecular complexity index is 415. The maximum Gasteiger partial charge on any atom is 0.329 e. The second kappa shape index (κ2) is 4.75. The van der Waals surface area contributed by atoms with Crippen molar-refractivity contribution in [3.05, 3.63) is 29.8 Å². The highest BCUT2D eigenvalue weighted by Gasteiger charge is 2.05. The van der Waals surface area contributed by atoms with Gasteiger partial charge < -0.3 is 10.8 Å². The van der Waals surface area contributed by atoms with E-state index in [-0.39, 0.29) is 5.75 Å². The minimum Gasteiger partial charge on any atom is -0.507 e. The summed E-state index contributed by atoms with van der Waals surface area (Å²) < 4.78 is 0. The van der Waals surface area contributed by atoms with Crippen LogP contribution in [-0.4, -0.2) is 23.1 Å². The number of hydrogen-bond donors (Lipinski definition) is 3. The molecular formula is C9H9N3O3. The molecule has 0 saturated carbocycles. The van der Waals surface area contributed by atoms with Crippen LogP contribution in [0.4, 0.5) is 0 Å². The Morgan fingerprint density at radius 3 is 2.67 bits per heavy atom. The van der Waals surface area contributed by atoms with E-state index in [4.69, 9.17) is 0 Å². The number of primary amides is 1. The van der Waals surface area contributed by atoms with Crippen LogP contribution < -0.4 is 11.2 Å². The van der Waals surface area contributed by atoms with Crippen molar-refractivity contribution in [2.45, 2.75) is 0 Å². The van der Waals surface area contributed by atoms with Crippen molar-refractivity contribution in [3.8, 4) is 5.75 Å². The lowest BCUT2D eigenvalue weighted by Crippen LogP contribution is -2.32. The first-order valence-electron chi connectivity index (χ1n) is 4.02. The predicted molar refractivity (Wildman–Crippen MR) is 53.0 cm³/mol. The van der Waals surface area contributed by atoms with Crippen molar-refractivity contribution in [1.29, 1.82) is 0 Å². The summed E-state index contributed by atoms with van der Waals surface area (Å²) in [4.78, 5) is 21.0. The zero-order chi connectivity index (χ0) is 11.3. The van der Waals surface area contributed by atoms with Gasteiger partial charge in [0.2, 0.25) is 0 Å². The molecule has 0 aliphatic carbocycles. The summed E-state index contributed by atoms with van der Waals surface area (Å²) in [7, 11) is 0. The Labute approximate surface area is 85.4 Å². The smallest absolute Gasteiger partial charge is 0.329 e. The van der Waals surface area contributed by atoms with Crippen LogP contribution in [0, 0.1) is 0 Å². The number of nitrogens with two attached hydrogens (primary N) is 1. The molecule has 0 radical (unpaired) electrons. The first-order chi connectivity index (χ1) is 7.11. The SMILES string of the molecule is NC(=O)C(=O)NN=Cc1ccccc1O. The van der Waals surface area contributed by atoms with Crippen LogP contribution in [0.1, 0.15) is 5.56 Å². The first kappa shape index (κ1) is 10.7. The van der Waals surface area contributed by atoms with Crippen LogP contribution >= 0.6 is 0 Å². The normalized spacial score (nSPS) is 10.1. The third-order valence-corrected chi connectivity index (χ3v) is 1.53. The molecule has 1 rings (SSSR count). The van der Waals surface area contributed by atoms with E-state index >= 15 is 0 Å². The average Bonchev–Trinajstić information content (AvgIpc) is 2.20. The Balaban J connectivity index is 2.63. The van der Waals surface area contributed by atoms with E-state index in [2.05, 4.69) is 10.8 Å². The van der Waals surface area contributed by atoms with Crippen LogP contribution in [0.2, 0.25) is 0 Å². The number of carbonyl (C=O) groups excluding carboxylic acids is 2. The largest absolute Gasteiger partial charge is 0.507 e. The number of benzene rings is 1. The van der Waals surface area contributed by atoms with E-state index in [1.54, 1.807) is 18.2 Å².